The maximum atomic E-state index is 12.9. The van der Waals surface area contributed by atoms with E-state index in [2.05, 4.69) is 10.6 Å². The highest BCUT2D eigenvalue weighted by Gasteiger charge is 2.34. The lowest BCUT2D eigenvalue weighted by molar-refractivity contribution is -0.146. The van der Waals surface area contributed by atoms with Crippen LogP contribution in [-0.2, 0) is 14.4 Å². The molecule has 0 spiro atoms. The quantitative estimate of drug-likeness (QED) is 0.357. The first-order chi connectivity index (χ1) is 15.8. The Morgan fingerprint density at radius 3 is 2.42 bits per heavy atom. The summed E-state index contributed by atoms with van der Waals surface area (Å²) in [5.41, 5.74) is 3.58. The summed E-state index contributed by atoms with van der Waals surface area (Å²) >= 11 is 1.44. The Morgan fingerprint density at radius 2 is 1.73 bits per heavy atom. The number of aliphatic carboxylic acids is 1. The lowest BCUT2D eigenvalue weighted by Crippen LogP contribution is -2.34. The summed E-state index contributed by atoms with van der Waals surface area (Å²) in [6, 6.07) is 13.2. The average Bonchev–Trinajstić information content (AvgIpc) is 2.80. The van der Waals surface area contributed by atoms with Crippen LogP contribution in [0.5, 0.6) is 0 Å². The third-order valence-corrected chi connectivity index (χ3v) is 7.35. The van der Waals surface area contributed by atoms with Gasteiger partial charge in [0.25, 0.3) is 0 Å². The fourth-order valence-electron chi connectivity index (χ4n) is 3.85. The SMILES string of the molecule is CCC(Sc1cccc(NC(=O)C2CC=CCC2C(=O)O)c1)C(=O)Nc1cccc(C)c1C. The van der Waals surface area contributed by atoms with Crippen molar-refractivity contribution in [2.45, 2.75) is 50.2 Å². The summed E-state index contributed by atoms with van der Waals surface area (Å²) in [7, 11) is 0. The van der Waals surface area contributed by atoms with Gasteiger partial charge in [0.05, 0.1) is 17.1 Å². The first-order valence-corrected chi connectivity index (χ1v) is 12.0. The van der Waals surface area contributed by atoms with Crippen molar-refractivity contribution in [1.29, 1.82) is 0 Å². The van der Waals surface area contributed by atoms with E-state index in [1.54, 1.807) is 6.07 Å². The van der Waals surface area contributed by atoms with Gasteiger partial charge in [-0.05, 0) is 68.5 Å². The maximum Gasteiger partial charge on any atom is 0.307 e. The predicted molar refractivity (Wildman–Crippen MR) is 133 cm³/mol. The molecule has 174 valence electrons. The third kappa shape index (κ3) is 6.26. The molecule has 0 aliphatic heterocycles. The molecule has 3 rings (SSSR count). The molecule has 0 radical (unpaired) electrons. The molecule has 2 aromatic carbocycles. The zero-order valence-corrected chi connectivity index (χ0v) is 19.9. The Labute approximate surface area is 198 Å². The molecule has 0 bridgehead atoms. The lowest BCUT2D eigenvalue weighted by Gasteiger charge is -2.24. The largest absolute Gasteiger partial charge is 0.481 e. The summed E-state index contributed by atoms with van der Waals surface area (Å²) in [6.07, 6.45) is 5.09. The average molecular weight is 467 g/mol. The summed E-state index contributed by atoms with van der Waals surface area (Å²) < 4.78 is 0. The van der Waals surface area contributed by atoms with E-state index in [4.69, 9.17) is 0 Å². The molecule has 1 aliphatic rings. The molecular weight excluding hydrogens is 436 g/mol. The van der Waals surface area contributed by atoms with Crippen molar-refractivity contribution in [3.8, 4) is 0 Å². The number of hydrogen-bond acceptors (Lipinski definition) is 4. The van der Waals surface area contributed by atoms with Gasteiger partial charge in [-0.3, -0.25) is 14.4 Å². The first kappa shape index (κ1) is 24.6. The van der Waals surface area contributed by atoms with Crippen LogP contribution in [0.15, 0.2) is 59.5 Å². The van der Waals surface area contributed by atoms with Gasteiger partial charge < -0.3 is 15.7 Å². The number of rotatable bonds is 8. The Kier molecular flexibility index (Phi) is 8.33. The number of aryl methyl sites for hydroxylation is 1. The minimum Gasteiger partial charge on any atom is -0.481 e. The Balaban J connectivity index is 1.67. The van der Waals surface area contributed by atoms with Crippen LogP contribution < -0.4 is 10.6 Å². The summed E-state index contributed by atoms with van der Waals surface area (Å²) in [5.74, 6) is -2.64. The molecule has 0 saturated carbocycles. The van der Waals surface area contributed by atoms with Crippen LogP contribution in [0.2, 0.25) is 0 Å². The molecule has 3 unspecified atom stereocenters. The molecule has 33 heavy (non-hydrogen) atoms. The van der Waals surface area contributed by atoms with Gasteiger partial charge in [-0.15, -0.1) is 11.8 Å². The zero-order valence-electron chi connectivity index (χ0n) is 19.1. The van der Waals surface area contributed by atoms with Crippen molar-refractivity contribution in [2.24, 2.45) is 11.8 Å². The number of amides is 2. The Bertz CT molecular complexity index is 1070. The van der Waals surface area contributed by atoms with E-state index in [0.29, 0.717) is 24.9 Å². The van der Waals surface area contributed by atoms with Crippen molar-refractivity contribution in [3.63, 3.8) is 0 Å². The van der Waals surface area contributed by atoms with E-state index in [1.165, 1.54) is 11.8 Å². The van der Waals surface area contributed by atoms with E-state index in [1.807, 2.05) is 69.3 Å². The fraction of sp³-hybridized carbons (Fsp3) is 0.346. The van der Waals surface area contributed by atoms with Gasteiger partial charge in [-0.1, -0.05) is 37.3 Å². The highest BCUT2D eigenvalue weighted by molar-refractivity contribution is 8.00. The van der Waals surface area contributed by atoms with Crippen LogP contribution in [0, 0.1) is 25.7 Å². The van der Waals surface area contributed by atoms with E-state index in [9.17, 15) is 19.5 Å². The van der Waals surface area contributed by atoms with Gasteiger partial charge >= 0.3 is 5.97 Å². The number of carbonyl (C=O) groups excluding carboxylic acids is 2. The van der Waals surface area contributed by atoms with E-state index >= 15 is 0 Å². The van der Waals surface area contributed by atoms with E-state index in [0.717, 1.165) is 21.7 Å². The van der Waals surface area contributed by atoms with Gasteiger partial charge in [-0.25, -0.2) is 0 Å². The number of hydrogen-bond donors (Lipinski definition) is 3. The molecule has 3 N–H and O–H groups in total. The number of carboxylic acid groups (broad SMARTS) is 1. The monoisotopic (exact) mass is 466 g/mol. The molecule has 0 fully saturated rings. The number of nitrogens with one attached hydrogen (secondary N) is 2. The van der Waals surface area contributed by atoms with Gasteiger partial charge in [-0.2, -0.15) is 0 Å². The van der Waals surface area contributed by atoms with Gasteiger partial charge in [0.15, 0.2) is 0 Å². The van der Waals surface area contributed by atoms with Crippen molar-refractivity contribution >= 4 is 40.9 Å². The van der Waals surface area contributed by atoms with Gasteiger partial charge in [0.2, 0.25) is 11.8 Å². The smallest absolute Gasteiger partial charge is 0.307 e. The van der Waals surface area contributed by atoms with Crippen molar-refractivity contribution in [2.75, 3.05) is 10.6 Å². The molecule has 2 amide bonds. The molecule has 6 nitrogen and oxygen atoms in total. The van der Waals surface area contributed by atoms with Crippen LogP contribution in [0.25, 0.3) is 0 Å². The van der Waals surface area contributed by atoms with E-state index < -0.39 is 17.8 Å². The molecule has 0 heterocycles. The standard InChI is InChI=1S/C26H30N2O4S/c1-4-23(25(30)28-22-14-7-9-16(2)17(22)3)33-19-11-8-10-18(15-19)27-24(29)20-12-5-6-13-21(20)26(31)32/h5-11,14-15,20-21,23H,4,12-13H2,1-3H3,(H,27,29)(H,28,30)(H,31,32). The number of thioether (sulfide) groups is 1. The number of anilines is 2. The van der Waals surface area contributed by atoms with E-state index in [-0.39, 0.29) is 17.1 Å². The molecule has 7 heteroatoms. The van der Waals surface area contributed by atoms with Crippen molar-refractivity contribution < 1.29 is 19.5 Å². The highest BCUT2D eigenvalue weighted by Crippen LogP contribution is 2.31. The normalized spacial score (nSPS) is 18.4. The van der Waals surface area contributed by atoms with Gasteiger partial charge in [0, 0.05) is 16.3 Å². The summed E-state index contributed by atoms with van der Waals surface area (Å²) in [4.78, 5) is 38.0. The fourth-order valence-corrected chi connectivity index (χ4v) is 4.86. The van der Waals surface area contributed by atoms with Crippen LogP contribution in [0.4, 0.5) is 11.4 Å². The van der Waals surface area contributed by atoms with Crippen LogP contribution in [-0.4, -0.2) is 28.1 Å². The Hall–Kier alpha value is -3.06. The molecule has 2 aromatic rings. The number of carbonyl (C=O) groups is 3. The molecule has 3 atom stereocenters. The van der Waals surface area contributed by atoms with Crippen LogP contribution in [0.1, 0.15) is 37.3 Å². The minimum absolute atomic E-state index is 0.0658. The highest BCUT2D eigenvalue weighted by atomic mass is 32.2. The molecule has 0 saturated heterocycles. The first-order valence-electron chi connectivity index (χ1n) is 11.1. The second-order valence-corrected chi connectivity index (χ2v) is 9.54. The molecule has 1 aliphatic carbocycles. The lowest BCUT2D eigenvalue weighted by atomic mass is 9.82. The molecule has 0 aromatic heterocycles. The second-order valence-electron chi connectivity index (χ2n) is 8.26. The number of carboxylic acids is 1. The second kappa shape index (κ2) is 11.2. The maximum absolute atomic E-state index is 12.9. The van der Waals surface area contributed by atoms with Crippen LogP contribution in [0.3, 0.4) is 0 Å². The Morgan fingerprint density at radius 1 is 1.03 bits per heavy atom. The number of allylic oxidation sites excluding steroid dienone is 2. The van der Waals surface area contributed by atoms with Crippen LogP contribution >= 0.6 is 11.8 Å². The predicted octanol–water partition coefficient (Wildman–Crippen LogP) is 5.42. The summed E-state index contributed by atoms with van der Waals surface area (Å²) in [6.45, 7) is 5.97. The van der Waals surface area contributed by atoms with Crippen molar-refractivity contribution in [1.82, 2.24) is 0 Å². The summed E-state index contributed by atoms with van der Waals surface area (Å²) in [5, 5.41) is 15.0. The molecular formula is C26H30N2O4S. The zero-order chi connectivity index (χ0) is 24.0. The number of benzene rings is 2. The topological polar surface area (TPSA) is 95.5 Å². The third-order valence-electron chi connectivity index (χ3n) is 5.99. The van der Waals surface area contributed by atoms with Gasteiger partial charge in [0.1, 0.15) is 0 Å². The minimum atomic E-state index is -0.954. The van der Waals surface area contributed by atoms with Crippen molar-refractivity contribution in [3.05, 3.63) is 65.7 Å².